The van der Waals surface area contributed by atoms with E-state index in [0.717, 1.165) is 36.5 Å². The largest absolute Gasteiger partial charge is 0.328 e. The van der Waals surface area contributed by atoms with Gasteiger partial charge < -0.3 is 4.90 Å². The van der Waals surface area contributed by atoms with E-state index in [0.29, 0.717) is 0 Å². The van der Waals surface area contributed by atoms with Crippen molar-refractivity contribution < 1.29 is 0 Å². The summed E-state index contributed by atoms with van der Waals surface area (Å²) in [6.07, 6.45) is 7.88. The summed E-state index contributed by atoms with van der Waals surface area (Å²) in [6.45, 7) is 6.67. The number of benzene rings is 1. The normalized spacial score (nSPS) is 16.9. The number of fused-ring (bicyclic) bond motifs is 1. The van der Waals surface area contributed by atoms with Crippen molar-refractivity contribution in [3.8, 4) is 0 Å². The summed E-state index contributed by atoms with van der Waals surface area (Å²) in [5.41, 5.74) is 2.19. The molecule has 2 aromatic rings. The molecule has 0 saturated carbocycles. The van der Waals surface area contributed by atoms with Crippen molar-refractivity contribution in [2.75, 3.05) is 19.6 Å². The second-order valence-electron chi connectivity index (χ2n) is 7.26. The van der Waals surface area contributed by atoms with Crippen LogP contribution in [0.3, 0.4) is 0 Å². The molecule has 0 aliphatic carbocycles. The number of unbranched alkanes of at least 4 members (excludes halogenated alkanes) is 1. The Bertz CT molecular complexity index is 707. The van der Waals surface area contributed by atoms with Crippen LogP contribution in [0.2, 0.25) is 0 Å². The lowest BCUT2D eigenvalue weighted by atomic mass is 9.91. The van der Waals surface area contributed by atoms with Crippen LogP contribution in [0, 0.1) is 5.92 Å². The zero-order valence-electron chi connectivity index (χ0n) is 15.2. The second kappa shape index (κ2) is 8.02. The summed E-state index contributed by atoms with van der Waals surface area (Å²) in [5, 5.41) is 0. The fourth-order valence-corrected chi connectivity index (χ4v) is 4.02. The van der Waals surface area contributed by atoms with Crippen molar-refractivity contribution in [2.45, 2.75) is 52.0 Å². The van der Waals surface area contributed by atoms with Gasteiger partial charge in [0.2, 0.25) is 0 Å². The molecule has 0 atom stereocenters. The van der Waals surface area contributed by atoms with Crippen molar-refractivity contribution in [3.63, 3.8) is 0 Å². The van der Waals surface area contributed by atoms with Crippen LogP contribution in [-0.4, -0.2) is 33.7 Å². The molecule has 0 radical (unpaired) electrons. The molecule has 1 aromatic carbocycles. The summed E-state index contributed by atoms with van der Waals surface area (Å²) in [5.74, 6) is 0.946. The zero-order valence-corrected chi connectivity index (χ0v) is 15.2. The molecule has 0 bridgehead atoms. The van der Waals surface area contributed by atoms with Crippen molar-refractivity contribution in [1.82, 2.24) is 14.0 Å². The molecule has 1 aliphatic heterocycles. The van der Waals surface area contributed by atoms with E-state index in [1.807, 2.05) is 29.8 Å². The maximum absolute atomic E-state index is 12.4. The van der Waals surface area contributed by atoms with Crippen LogP contribution in [0.1, 0.15) is 45.4 Å². The first-order valence-electron chi connectivity index (χ1n) is 9.57. The van der Waals surface area contributed by atoms with E-state index < -0.39 is 0 Å². The molecule has 1 aromatic heterocycles. The van der Waals surface area contributed by atoms with Crippen molar-refractivity contribution in [3.05, 3.63) is 34.7 Å². The summed E-state index contributed by atoms with van der Waals surface area (Å²) in [6, 6.07) is 8.08. The Morgan fingerprint density at radius 1 is 1.04 bits per heavy atom. The highest BCUT2D eigenvalue weighted by molar-refractivity contribution is 5.75. The lowest BCUT2D eigenvalue weighted by Crippen LogP contribution is -2.35. The number of nitrogens with zero attached hydrogens (tertiary/aromatic N) is 3. The van der Waals surface area contributed by atoms with Gasteiger partial charge in [0.05, 0.1) is 11.0 Å². The van der Waals surface area contributed by atoms with Gasteiger partial charge in [-0.2, -0.15) is 0 Å². The lowest BCUT2D eigenvalue weighted by molar-refractivity contribution is 0.174. The zero-order chi connectivity index (χ0) is 16.9. The maximum Gasteiger partial charge on any atom is 0.328 e. The number of para-hydroxylation sites is 2. The fourth-order valence-electron chi connectivity index (χ4n) is 4.02. The molecule has 4 heteroatoms. The third-order valence-electron chi connectivity index (χ3n) is 5.58. The van der Waals surface area contributed by atoms with E-state index in [2.05, 4.69) is 17.9 Å². The first-order chi connectivity index (χ1) is 11.7. The van der Waals surface area contributed by atoms with E-state index in [4.69, 9.17) is 0 Å². The van der Waals surface area contributed by atoms with Gasteiger partial charge in [0, 0.05) is 13.6 Å². The monoisotopic (exact) mass is 329 g/mol. The fraction of sp³-hybridized carbons (Fsp3) is 0.650. The van der Waals surface area contributed by atoms with Gasteiger partial charge in [0.25, 0.3) is 0 Å². The minimum absolute atomic E-state index is 0.106. The summed E-state index contributed by atoms with van der Waals surface area (Å²) < 4.78 is 3.69. The number of hydrogen-bond acceptors (Lipinski definition) is 2. The Labute approximate surface area is 145 Å². The highest BCUT2D eigenvalue weighted by Crippen LogP contribution is 2.22. The molecule has 2 heterocycles. The van der Waals surface area contributed by atoms with Crippen LogP contribution in [0.25, 0.3) is 11.0 Å². The molecule has 0 amide bonds. The number of hydrogen-bond donors (Lipinski definition) is 0. The molecule has 1 aliphatic rings. The van der Waals surface area contributed by atoms with Gasteiger partial charge in [0.1, 0.15) is 0 Å². The van der Waals surface area contributed by atoms with E-state index in [-0.39, 0.29) is 5.69 Å². The minimum atomic E-state index is 0.106. The highest BCUT2D eigenvalue weighted by atomic mass is 16.1. The second-order valence-corrected chi connectivity index (χ2v) is 7.26. The quantitative estimate of drug-likeness (QED) is 0.776. The number of aryl methyl sites for hydroxylation is 2. The Morgan fingerprint density at radius 3 is 2.46 bits per heavy atom. The molecule has 0 unspecified atom stereocenters. The average molecular weight is 329 g/mol. The molecule has 1 saturated heterocycles. The van der Waals surface area contributed by atoms with E-state index >= 15 is 0 Å². The summed E-state index contributed by atoms with van der Waals surface area (Å²) >= 11 is 0. The Morgan fingerprint density at radius 2 is 1.75 bits per heavy atom. The van der Waals surface area contributed by atoms with Crippen molar-refractivity contribution in [1.29, 1.82) is 0 Å². The molecule has 0 spiro atoms. The van der Waals surface area contributed by atoms with Crippen molar-refractivity contribution in [2.24, 2.45) is 13.0 Å². The van der Waals surface area contributed by atoms with Gasteiger partial charge in [-0.1, -0.05) is 38.3 Å². The Kier molecular flexibility index (Phi) is 5.77. The smallest absolute Gasteiger partial charge is 0.303 e. The Hall–Kier alpha value is -1.55. The van der Waals surface area contributed by atoms with Gasteiger partial charge in [0.15, 0.2) is 0 Å². The van der Waals surface area contributed by atoms with Gasteiger partial charge >= 0.3 is 5.69 Å². The Balaban J connectivity index is 1.51. The average Bonchev–Trinajstić information content (AvgIpc) is 2.86. The molecule has 132 valence electrons. The standard InChI is InChI=1S/C20H31N3O/c1-3-4-8-17-11-15-22(16-12-17)13-7-14-23-19-10-6-5-9-18(19)21(2)20(23)24/h5-6,9-10,17H,3-4,7-8,11-16H2,1-2H3. The highest BCUT2D eigenvalue weighted by Gasteiger charge is 2.18. The van der Waals surface area contributed by atoms with Crippen molar-refractivity contribution >= 4 is 11.0 Å². The van der Waals surface area contributed by atoms with Gasteiger partial charge in [-0.15, -0.1) is 0 Å². The number of likely N-dealkylation sites (tertiary alicyclic amines) is 1. The lowest BCUT2D eigenvalue weighted by Gasteiger charge is -2.32. The van der Waals surface area contributed by atoms with Gasteiger partial charge in [-0.05, 0) is 56.9 Å². The van der Waals surface area contributed by atoms with Crippen LogP contribution in [0.4, 0.5) is 0 Å². The number of rotatable bonds is 7. The van der Waals surface area contributed by atoms with Crippen LogP contribution >= 0.6 is 0 Å². The molecular weight excluding hydrogens is 298 g/mol. The van der Waals surface area contributed by atoms with Crippen LogP contribution in [-0.2, 0) is 13.6 Å². The molecule has 24 heavy (non-hydrogen) atoms. The number of imidazole rings is 1. The van der Waals surface area contributed by atoms with E-state index in [9.17, 15) is 4.79 Å². The number of aromatic nitrogens is 2. The molecule has 0 N–H and O–H groups in total. The predicted octanol–water partition coefficient (Wildman–Crippen LogP) is 3.63. The maximum atomic E-state index is 12.4. The predicted molar refractivity (Wildman–Crippen MR) is 100 cm³/mol. The van der Waals surface area contributed by atoms with Crippen LogP contribution in [0.15, 0.2) is 29.1 Å². The topological polar surface area (TPSA) is 30.2 Å². The van der Waals surface area contributed by atoms with E-state index in [1.165, 1.54) is 45.2 Å². The van der Waals surface area contributed by atoms with E-state index in [1.54, 1.807) is 4.57 Å². The third-order valence-corrected chi connectivity index (χ3v) is 5.58. The molecule has 4 nitrogen and oxygen atoms in total. The number of piperidine rings is 1. The van der Waals surface area contributed by atoms with Gasteiger partial charge in [-0.25, -0.2) is 4.79 Å². The minimum Gasteiger partial charge on any atom is -0.303 e. The van der Waals surface area contributed by atoms with Crippen LogP contribution < -0.4 is 5.69 Å². The third kappa shape index (κ3) is 3.75. The summed E-state index contributed by atoms with van der Waals surface area (Å²) in [4.78, 5) is 15.0. The molecular formula is C20H31N3O. The SMILES string of the molecule is CCCCC1CCN(CCCn2c(=O)n(C)c3ccccc32)CC1. The summed E-state index contributed by atoms with van der Waals surface area (Å²) in [7, 11) is 1.86. The van der Waals surface area contributed by atoms with Crippen LogP contribution in [0.5, 0.6) is 0 Å². The molecule has 3 rings (SSSR count). The first-order valence-corrected chi connectivity index (χ1v) is 9.57. The van der Waals surface area contributed by atoms with Gasteiger partial charge in [-0.3, -0.25) is 9.13 Å². The first kappa shape index (κ1) is 17.3. The molecule has 1 fully saturated rings.